The Morgan fingerprint density at radius 3 is 2.63 bits per heavy atom. The second kappa shape index (κ2) is 6.13. The quantitative estimate of drug-likeness (QED) is 0.650. The summed E-state index contributed by atoms with van der Waals surface area (Å²) in [7, 11) is 0. The predicted octanol–water partition coefficient (Wildman–Crippen LogP) is 3.19. The maximum absolute atomic E-state index is 6.01. The second-order valence-electron chi connectivity index (χ2n) is 5.54. The smallest absolute Gasteiger partial charge is 0.189 e. The van der Waals surface area contributed by atoms with Crippen LogP contribution in [0.3, 0.4) is 0 Å². The van der Waals surface area contributed by atoms with Gasteiger partial charge in [-0.25, -0.2) is 0 Å². The average Bonchev–Trinajstić information content (AvgIpc) is 2.69. The highest BCUT2D eigenvalue weighted by Gasteiger charge is 2.15. The molecule has 0 spiro atoms. The molecule has 1 saturated carbocycles. The van der Waals surface area contributed by atoms with Gasteiger partial charge in [-0.3, -0.25) is 4.99 Å². The number of nitrogens with two attached hydrogens (primary N) is 1. The number of guanidine groups is 1. The molecular weight excluding hydrogens is 238 g/mol. The zero-order valence-electron chi connectivity index (χ0n) is 12.2. The topological polar surface area (TPSA) is 63.5 Å². The van der Waals surface area contributed by atoms with Crippen LogP contribution in [0.25, 0.3) is 0 Å². The van der Waals surface area contributed by atoms with E-state index in [1.165, 1.54) is 32.1 Å². The zero-order chi connectivity index (χ0) is 13.8. The Hall–Kier alpha value is -1.45. The fourth-order valence-corrected chi connectivity index (χ4v) is 2.82. The van der Waals surface area contributed by atoms with E-state index in [2.05, 4.69) is 23.3 Å². The molecule has 1 aliphatic rings. The Kier molecular flexibility index (Phi) is 4.51. The fourth-order valence-electron chi connectivity index (χ4n) is 2.82. The first-order chi connectivity index (χ1) is 9.06. The van der Waals surface area contributed by atoms with Crippen LogP contribution < -0.4 is 11.1 Å². The molecule has 0 bridgehead atoms. The number of hydrogen-bond acceptors (Lipinski definition) is 2. The predicted molar refractivity (Wildman–Crippen MR) is 78.2 cm³/mol. The molecule has 1 heterocycles. The standard InChI is InChI=1S/C15H25N3O/c1-10-9-14(12(3)19-10)11(2)17-15(16)18-13-7-5-4-6-8-13/h9,11,13H,4-8H2,1-3H3,(H3,16,17,18). The van der Waals surface area contributed by atoms with Gasteiger partial charge in [0.1, 0.15) is 11.5 Å². The van der Waals surface area contributed by atoms with Crippen LogP contribution in [0, 0.1) is 13.8 Å². The van der Waals surface area contributed by atoms with Crippen molar-refractivity contribution in [2.24, 2.45) is 10.7 Å². The molecular formula is C15H25N3O. The number of nitrogens with zero attached hydrogens (tertiary/aromatic N) is 1. The van der Waals surface area contributed by atoms with Gasteiger partial charge in [0.2, 0.25) is 0 Å². The molecule has 2 rings (SSSR count). The Morgan fingerprint density at radius 2 is 2.05 bits per heavy atom. The van der Waals surface area contributed by atoms with Crippen LogP contribution in [0.1, 0.15) is 62.2 Å². The van der Waals surface area contributed by atoms with Gasteiger partial charge in [0.15, 0.2) is 5.96 Å². The van der Waals surface area contributed by atoms with Crippen molar-refractivity contribution in [2.75, 3.05) is 0 Å². The average molecular weight is 263 g/mol. The van der Waals surface area contributed by atoms with Gasteiger partial charge in [-0.05, 0) is 39.7 Å². The van der Waals surface area contributed by atoms with E-state index < -0.39 is 0 Å². The number of aryl methyl sites for hydroxylation is 2. The Morgan fingerprint density at radius 1 is 1.37 bits per heavy atom. The van der Waals surface area contributed by atoms with Crippen LogP contribution in [-0.2, 0) is 0 Å². The summed E-state index contributed by atoms with van der Waals surface area (Å²) < 4.78 is 5.55. The molecule has 19 heavy (non-hydrogen) atoms. The Balaban J connectivity index is 1.95. The van der Waals surface area contributed by atoms with Crippen LogP contribution in [0.5, 0.6) is 0 Å². The Labute approximate surface area is 115 Å². The SMILES string of the molecule is Cc1cc(C(C)NC(N)=NC2CCCCC2)c(C)o1. The van der Waals surface area contributed by atoms with Crippen LogP contribution >= 0.6 is 0 Å². The van der Waals surface area contributed by atoms with E-state index in [9.17, 15) is 0 Å². The summed E-state index contributed by atoms with van der Waals surface area (Å²) in [6, 6.07) is 2.59. The van der Waals surface area contributed by atoms with Crippen LogP contribution in [0.4, 0.5) is 0 Å². The second-order valence-corrected chi connectivity index (χ2v) is 5.54. The largest absolute Gasteiger partial charge is 0.466 e. The van der Waals surface area contributed by atoms with Crippen molar-refractivity contribution in [3.05, 3.63) is 23.2 Å². The molecule has 106 valence electrons. The van der Waals surface area contributed by atoms with E-state index in [1.807, 2.05) is 13.8 Å². The zero-order valence-corrected chi connectivity index (χ0v) is 12.2. The molecule has 1 fully saturated rings. The molecule has 1 atom stereocenters. The summed E-state index contributed by atoms with van der Waals surface area (Å²) >= 11 is 0. The maximum atomic E-state index is 6.01. The van der Waals surface area contributed by atoms with Gasteiger partial charge < -0.3 is 15.5 Å². The summed E-state index contributed by atoms with van der Waals surface area (Å²) in [4.78, 5) is 4.59. The fraction of sp³-hybridized carbons (Fsp3) is 0.667. The summed E-state index contributed by atoms with van der Waals surface area (Å²) in [5, 5.41) is 3.27. The lowest BCUT2D eigenvalue weighted by atomic mass is 9.96. The number of rotatable bonds is 3. The minimum atomic E-state index is 0.129. The van der Waals surface area contributed by atoms with Gasteiger partial charge >= 0.3 is 0 Å². The van der Waals surface area contributed by atoms with E-state index >= 15 is 0 Å². The highest BCUT2D eigenvalue weighted by molar-refractivity contribution is 5.78. The van der Waals surface area contributed by atoms with Crippen molar-refractivity contribution in [3.63, 3.8) is 0 Å². The van der Waals surface area contributed by atoms with Gasteiger partial charge in [-0.1, -0.05) is 19.3 Å². The molecule has 0 aliphatic heterocycles. The molecule has 4 nitrogen and oxygen atoms in total. The van der Waals surface area contributed by atoms with Gasteiger partial charge in [0, 0.05) is 5.56 Å². The third-order valence-electron chi connectivity index (χ3n) is 3.81. The van der Waals surface area contributed by atoms with Crippen molar-refractivity contribution in [3.8, 4) is 0 Å². The monoisotopic (exact) mass is 263 g/mol. The molecule has 3 N–H and O–H groups in total. The Bertz CT molecular complexity index is 444. The van der Waals surface area contributed by atoms with E-state index in [4.69, 9.17) is 10.2 Å². The van der Waals surface area contributed by atoms with Gasteiger partial charge in [-0.2, -0.15) is 0 Å². The molecule has 0 amide bonds. The molecule has 0 saturated heterocycles. The lowest BCUT2D eigenvalue weighted by Crippen LogP contribution is -2.35. The van der Waals surface area contributed by atoms with E-state index in [-0.39, 0.29) is 6.04 Å². The van der Waals surface area contributed by atoms with E-state index in [1.54, 1.807) is 0 Å². The summed E-state index contributed by atoms with van der Waals surface area (Å²) in [6.45, 7) is 6.03. The van der Waals surface area contributed by atoms with E-state index in [0.29, 0.717) is 12.0 Å². The first-order valence-corrected chi connectivity index (χ1v) is 7.23. The van der Waals surface area contributed by atoms with Crippen molar-refractivity contribution in [1.29, 1.82) is 0 Å². The van der Waals surface area contributed by atoms with Crippen LogP contribution in [0.2, 0.25) is 0 Å². The molecule has 1 aromatic rings. The molecule has 0 radical (unpaired) electrons. The number of aliphatic imine (C=N–C) groups is 1. The molecule has 1 unspecified atom stereocenters. The lowest BCUT2D eigenvalue weighted by Gasteiger charge is -2.20. The minimum Gasteiger partial charge on any atom is -0.466 e. The number of furan rings is 1. The highest BCUT2D eigenvalue weighted by atomic mass is 16.3. The number of nitrogens with one attached hydrogen (secondary N) is 1. The first-order valence-electron chi connectivity index (χ1n) is 7.23. The summed E-state index contributed by atoms with van der Waals surface area (Å²) in [5.41, 5.74) is 7.16. The summed E-state index contributed by atoms with van der Waals surface area (Å²) in [5.74, 6) is 2.43. The van der Waals surface area contributed by atoms with Crippen molar-refractivity contribution < 1.29 is 4.42 Å². The van der Waals surface area contributed by atoms with Crippen LogP contribution in [-0.4, -0.2) is 12.0 Å². The van der Waals surface area contributed by atoms with Gasteiger partial charge in [0.25, 0.3) is 0 Å². The highest BCUT2D eigenvalue weighted by Crippen LogP contribution is 2.22. The minimum absolute atomic E-state index is 0.129. The van der Waals surface area contributed by atoms with Gasteiger partial charge in [-0.15, -0.1) is 0 Å². The normalized spacial score (nSPS) is 19.4. The molecule has 4 heteroatoms. The third kappa shape index (κ3) is 3.75. The summed E-state index contributed by atoms with van der Waals surface area (Å²) in [6.07, 6.45) is 6.22. The number of hydrogen-bond donors (Lipinski definition) is 2. The van der Waals surface area contributed by atoms with Crippen molar-refractivity contribution >= 4 is 5.96 Å². The molecule has 1 aromatic heterocycles. The van der Waals surface area contributed by atoms with Crippen molar-refractivity contribution in [1.82, 2.24) is 5.32 Å². The van der Waals surface area contributed by atoms with Crippen LogP contribution in [0.15, 0.2) is 15.5 Å². The van der Waals surface area contributed by atoms with E-state index in [0.717, 1.165) is 17.1 Å². The van der Waals surface area contributed by atoms with Gasteiger partial charge in [0.05, 0.1) is 12.1 Å². The molecule has 1 aliphatic carbocycles. The maximum Gasteiger partial charge on any atom is 0.189 e. The lowest BCUT2D eigenvalue weighted by molar-refractivity contribution is 0.441. The first kappa shape index (κ1) is 14.0. The van der Waals surface area contributed by atoms with Crippen molar-refractivity contribution in [2.45, 2.75) is 65.0 Å². The molecule has 0 aromatic carbocycles. The third-order valence-corrected chi connectivity index (χ3v) is 3.81.